The fourth-order valence-corrected chi connectivity index (χ4v) is 2.07. The molecule has 90 valence electrons. The summed E-state index contributed by atoms with van der Waals surface area (Å²) in [4.78, 5) is 3.99. The van der Waals surface area contributed by atoms with E-state index in [1.54, 1.807) is 12.4 Å². The molecule has 0 bridgehead atoms. The summed E-state index contributed by atoms with van der Waals surface area (Å²) in [6.45, 7) is 2.06. The standard InChI is InChI=1S/C15H14N2O/c1-10-2-3-13-12(8-10)9-14(18-13)15(16)11-4-6-17-7-5-11/h2-9,15H,16H2,1H3. The minimum absolute atomic E-state index is 0.249. The first-order valence-corrected chi connectivity index (χ1v) is 5.89. The highest BCUT2D eigenvalue weighted by Crippen LogP contribution is 2.26. The van der Waals surface area contributed by atoms with Gasteiger partial charge in [-0.3, -0.25) is 4.98 Å². The van der Waals surface area contributed by atoms with E-state index >= 15 is 0 Å². The lowest BCUT2D eigenvalue weighted by Gasteiger charge is -2.07. The number of hydrogen-bond donors (Lipinski definition) is 1. The minimum atomic E-state index is -0.249. The Hall–Kier alpha value is -2.13. The zero-order valence-corrected chi connectivity index (χ0v) is 10.1. The number of furan rings is 1. The second-order valence-corrected chi connectivity index (χ2v) is 4.45. The van der Waals surface area contributed by atoms with E-state index < -0.39 is 0 Å². The molecule has 2 aromatic heterocycles. The van der Waals surface area contributed by atoms with Crippen molar-refractivity contribution < 1.29 is 4.42 Å². The molecule has 0 fully saturated rings. The molecule has 3 aromatic rings. The monoisotopic (exact) mass is 238 g/mol. The molecular formula is C15H14N2O. The third-order valence-electron chi connectivity index (χ3n) is 3.06. The Balaban J connectivity index is 2.04. The van der Waals surface area contributed by atoms with E-state index in [4.69, 9.17) is 10.2 Å². The highest BCUT2D eigenvalue weighted by atomic mass is 16.3. The molecule has 18 heavy (non-hydrogen) atoms. The maximum Gasteiger partial charge on any atom is 0.134 e. The van der Waals surface area contributed by atoms with E-state index in [1.165, 1.54) is 5.56 Å². The number of nitrogens with zero attached hydrogens (tertiary/aromatic N) is 1. The Bertz CT molecular complexity index is 673. The van der Waals surface area contributed by atoms with Gasteiger partial charge in [-0.2, -0.15) is 0 Å². The summed E-state index contributed by atoms with van der Waals surface area (Å²) in [6, 6.07) is 11.7. The van der Waals surface area contributed by atoms with Crippen LogP contribution in [0.4, 0.5) is 0 Å². The average molecular weight is 238 g/mol. The van der Waals surface area contributed by atoms with Gasteiger partial charge >= 0.3 is 0 Å². The van der Waals surface area contributed by atoms with Crippen LogP contribution in [0.1, 0.15) is 22.9 Å². The van der Waals surface area contributed by atoms with Crippen molar-refractivity contribution in [3.8, 4) is 0 Å². The summed E-state index contributed by atoms with van der Waals surface area (Å²) in [5, 5.41) is 1.09. The van der Waals surface area contributed by atoms with Crippen molar-refractivity contribution in [1.82, 2.24) is 4.98 Å². The van der Waals surface area contributed by atoms with Gasteiger partial charge in [0.1, 0.15) is 11.3 Å². The number of pyridine rings is 1. The van der Waals surface area contributed by atoms with Gasteiger partial charge in [-0.1, -0.05) is 11.6 Å². The van der Waals surface area contributed by atoms with Crippen LogP contribution in [0.5, 0.6) is 0 Å². The Morgan fingerprint density at radius 2 is 1.89 bits per heavy atom. The lowest BCUT2D eigenvalue weighted by molar-refractivity contribution is 0.525. The minimum Gasteiger partial charge on any atom is -0.459 e. The van der Waals surface area contributed by atoms with Gasteiger partial charge in [0.2, 0.25) is 0 Å². The van der Waals surface area contributed by atoms with Crippen LogP contribution in [0.15, 0.2) is 53.2 Å². The van der Waals surface area contributed by atoms with Crippen molar-refractivity contribution in [3.05, 3.63) is 65.7 Å². The first-order valence-electron chi connectivity index (χ1n) is 5.89. The number of aromatic nitrogens is 1. The fourth-order valence-electron chi connectivity index (χ4n) is 2.07. The summed E-state index contributed by atoms with van der Waals surface area (Å²) in [5.74, 6) is 0.779. The Morgan fingerprint density at radius 3 is 2.67 bits per heavy atom. The Morgan fingerprint density at radius 1 is 1.11 bits per heavy atom. The third-order valence-corrected chi connectivity index (χ3v) is 3.06. The lowest BCUT2D eigenvalue weighted by Crippen LogP contribution is -2.10. The Kier molecular flexibility index (Phi) is 2.61. The van der Waals surface area contributed by atoms with Crippen LogP contribution in [-0.4, -0.2) is 4.98 Å². The number of fused-ring (bicyclic) bond motifs is 1. The van der Waals surface area contributed by atoms with Gasteiger partial charge in [-0.15, -0.1) is 0 Å². The number of aryl methyl sites for hydroxylation is 1. The fraction of sp³-hybridized carbons (Fsp3) is 0.133. The number of nitrogens with two attached hydrogens (primary N) is 1. The molecular weight excluding hydrogens is 224 g/mol. The van der Waals surface area contributed by atoms with Crippen molar-refractivity contribution in [3.63, 3.8) is 0 Å². The summed E-state index contributed by atoms with van der Waals surface area (Å²) in [5.41, 5.74) is 9.29. The largest absolute Gasteiger partial charge is 0.459 e. The summed E-state index contributed by atoms with van der Waals surface area (Å²) >= 11 is 0. The molecule has 0 aliphatic heterocycles. The quantitative estimate of drug-likeness (QED) is 0.746. The van der Waals surface area contributed by atoms with Gasteiger partial charge in [0.05, 0.1) is 6.04 Å². The maximum absolute atomic E-state index is 6.20. The first-order chi connectivity index (χ1) is 8.74. The summed E-state index contributed by atoms with van der Waals surface area (Å²) in [7, 11) is 0. The van der Waals surface area contributed by atoms with Crippen LogP contribution < -0.4 is 5.73 Å². The van der Waals surface area contributed by atoms with Crippen LogP contribution in [0.25, 0.3) is 11.0 Å². The molecule has 2 heterocycles. The van der Waals surface area contributed by atoms with Crippen LogP contribution >= 0.6 is 0 Å². The molecule has 3 rings (SSSR count). The molecule has 0 radical (unpaired) electrons. The molecule has 0 spiro atoms. The Labute approximate surface area is 105 Å². The van der Waals surface area contributed by atoms with Gasteiger partial charge in [-0.05, 0) is 42.8 Å². The highest BCUT2D eigenvalue weighted by Gasteiger charge is 2.13. The smallest absolute Gasteiger partial charge is 0.134 e. The molecule has 0 aliphatic carbocycles. The van der Waals surface area contributed by atoms with Gasteiger partial charge in [-0.25, -0.2) is 0 Å². The number of hydrogen-bond acceptors (Lipinski definition) is 3. The van der Waals surface area contributed by atoms with Gasteiger partial charge in [0, 0.05) is 17.8 Å². The van der Waals surface area contributed by atoms with E-state index in [1.807, 2.05) is 30.3 Å². The third kappa shape index (κ3) is 1.89. The SMILES string of the molecule is Cc1ccc2oc(C(N)c3ccncc3)cc2c1. The van der Waals surface area contributed by atoms with Crippen LogP contribution in [-0.2, 0) is 0 Å². The van der Waals surface area contributed by atoms with Gasteiger partial charge < -0.3 is 10.2 Å². The van der Waals surface area contributed by atoms with Crippen LogP contribution in [0.3, 0.4) is 0 Å². The van der Waals surface area contributed by atoms with E-state index in [9.17, 15) is 0 Å². The molecule has 2 N–H and O–H groups in total. The molecule has 0 saturated heterocycles. The molecule has 1 aromatic carbocycles. The normalized spacial score (nSPS) is 12.8. The summed E-state index contributed by atoms with van der Waals surface area (Å²) in [6.07, 6.45) is 3.48. The van der Waals surface area contributed by atoms with E-state index in [2.05, 4.69) is 18.0 Å². The lowest BCUT2D eigenvalue weighted by atomic mass is 10.1. The van der Waals surface area contributed by atoms with E-state index in [-0.39, 0.29) is 6.04 Å². The molecule has 1 atom stereocenters. The first kappa shape index (κ1) is 11.0. The van der Waals surface area contributed by atoms with Crippen molar-refractivity contribution in [1.29, 1.82) is 0 Å². The predicted octanol–water partition coefficient (Wildman–Crippen LogP) is 3.18. The van der Waals surface area contributed by atoms with Gasteiger partial charge in [0.15, 0.2) is 0 Å². The van der Waals surface area contributed by atoms with Gasteiger partial charge in [0.25, 0.3) is 0 Å². The van der Waals surface area contributed by atoms with Crippen molar-refractivity contribution in [2.45, 2.75) is 13.0 Å². The maximum atomic E-state index is 6.20. The zero-order chi connectivity index (χ0) is 12.5. The van der Waals surface area contributed by atoms with E-state index in [0.717, 1.165) is 22.3 Å². The number of rotatable bonds is 2. The van der Waals surface area contributed by atoms with Crippen molar-refractivity contribution >= 4 is 11.0 Å². The second-order valence-electron chi connectivity index (χ2n) is 4.45. The number of benzene rings is 1. The molecule has 3 nitrogen and oxygen atoms in total. The molecule has 0 saturated carbocycles. The zero-order valence-electron chi connectivity index (χ0n) is 10.1. The molecule has 1 unspecified atom stereocenters. The molecule has 0 aliphatic rings. The van der Waals surface area contributed by atoms with Crippen molar-refractivity contribution in [2.24, 2.45) is 5.73 Å². The summed E-state index contributed by atoms with van der Waals surface area (Å²) < 4.78 is 5.79. The van der Waals surface area contributed by atoms with Crippen molar-refractivity contribution in [2.75, 3.05) is 0 Å². The van der Waals surface area contributed by atoms with Crippen LogP contribution in [0, 0.1) is 6.92 Å². The topological polar surface area (TPSA) is 52.0 Å². The van der Waals surface area contributed by atoms with Crippen LogP contribution in [0.2, 0.25) is 0 Å². The molecule has 3 heteroatoms. The van der Waals surface area contributed by atoms with E-state index in [0.29, 0.717) is 0 Å². The molecule has 0 amide bonds. The average Bonchev–Trinajstić information content (AvgIpc) is 2.81. The highest BCUT2D eigenvalue weighted by molar-refractivity contribution is 5.78. The second kappa shape index (κ2) is 4.27. The predicted molar refractivity (Wildman–Crippen MR) is 71.2 cm³/mol.